The van der Waals surface area contributed by atoms with E-state index in [1.807, 2.05) is 24.3 Å². The number of allylic oxidation sites excluding steroid dienone is 2. The molecule has 0 spiro atoms. The SMILES string of the molecule is CCC1C/C(C)=C\C(=Nc2cc(Nc3ccccc3C#N)c(Cl)cn2)CCC1CC(C)C. The number of aromatic nitrogens is 1. The van der Waals surface area contributed by atoms with E-state index in [4.69, 9.17) is 16.6 Å². The minimum Gasteiger partial charge on any atom is -0.353 e. The summed E-state index contributed by atoms with van der Waals surface area (Å²) in [5, 5.41) is 13.1. The van der Waals surface area contributed by atoms with E-state index in [9.17, 15) is 5.26 Å². The zero-order valence-corrected chi connectivity index (χ0v) is 20.3. The molecule has 1 aliphatic rings. The number of nitrogens with zero attached hydrogens (tertiary/aromatic N) is 3. The molecule has 4 nitrogen and oxygen atoms in total. The maximum atomic E-state index is 9.36. The molecule has 1 aromatic carbocycles. The average molecular weight is 449 g/mol. The number of rotatable bonds is 6. The normalized spacial score (nSPS) is 22.0. The van der Waals surface area contributed by atoms with Crippen molar-refractivity contribution in [2.75, 3.05) is 5.32 Å². The molecule has 0 saturated heterocycles. The zero-order valence-electron chi connectivity index (χ0n) is 19.5. The van der Waals surface area contributed by atoms with Gasteiger partial charge in [0.1, 0.15) is 6.07 Å². The van der Waals surface area contributed by atoms with Crippen LogP contribution < -0.4 is 5.32 Å². The third kappa shape index (κ3) is 6.43. The van der Waals surface area contributed by atoms with Gasteiger partial charge < -0.3 is 5.32 Å². The van der Waals surface area contributed by atoms with Gasteiger partial charge in [-0.3, -0.25) is 0 Å². The Kier molecular flexibility index (Phi) is 8.47. The minimum absolute atomic E-state index is 0.494. The number of anilines is 2. The molecule has 0 radical (unpaired) electrons. The Morgan fingerprint density at radius 3 is 2.75 bits per heavy atom. The molecule has 3 rings (SSSR count). The Hall–Kier alpha value is -2.64. The summed E-state index contributed by atoms with van der Waals surface area (Å²) in [5.41, 5.74) is 4.43. The maximum absolute atomic E-state index is 9.36. The zero-order chi connectivity index (χ0) is 23.1. The van der Waals surface area contributed by atoms with Crippen molar-refractivity contribution in [2.45, 2.75) is 59.8 Å². The molecule has 0 fully saturated rings. The number of para-hydroxylation sites is 1. The van der Waals surface area contributed by atoms with Crippen molar-refractivity contribution in [2.24, 2.45) is 22.7 Å². The first kappa shape index (κ1) is 24.0. The largest absolute Gasteiger partial charge is 0.353 e. The Morgan fingerprint density at radius 2 is 2.03 bits per heavy atom. The van der Waals surface area contributed by atoms with Crippen LogP contribution in [0.1, 0.15) is 65.4 Å². The molecule has 0 aliphatic heterocycles. The number of hydrogen-bond acceptors (Lipinski definition) is 4. The maximum Gasteiger partial charge on any atom is 0.154 e. The molecule has 5 heteroatoms. The predicted octanol–water partition coefficient (Wildman–Crippen LogP) is 8.24. The third-order valence-electron chi connectivity index (χ3n) is 6.15. The number of benzene rings is 1. The van der Waals surface area contributed by atoms with Gasteiger partial charge >= 0.3 is 0 Å². The lowest BCUT2D eigenvalue weighted by Crippen LogP contribution is -2.20. The Labute approximate surface area is 197 Å². The fourth-order valence-electron chi connectivity index (χ4n) is 4.61. The lowest BCUT2D eigenvalue weighted by Gasteiger charge is -2.30. The number of hydrogen-bond donors (Lipinski definition) is 1. The van der Waals surface area contributed by atoms with Crippen LogP contribution in [0.25, 0.3) is 0 Å². The monoisotopic (exact) mass is 448 g/mol. The molecule has 2 aromatic rings. The number of nitrogens with one attached hydrogen (secondary N) is 1. The molecule has 168 valence electrons. The fourth-order valence-corrected chi connectivity index (χ4v) is 4.76. The molecule has 1 heterocycles. The van der Waals surface area contributed by atoms with Crippen molar-refractivity contribution < 1.29 is 0 Å². The molecule has 32 heavy (non-hydrogen) atoms. The minimum atomic E-state index is 0.494. The number of aliphatic imine (C=N–C) groups is 1. The van der Waals surface area contributed by atoms with Crippen molar-refractivity contribution >= 4 is 34.5 Å². The van der Waals surface area contributed by atoms with Gasteiger partial charge in [0.2, 0.25) is 0 Å². The van der Waals surface area contributed by atoms with Gasteiger partial charge in [-0.25, -0.2) is 9.98 Å². The molecule has 1 aliphatic carbocycles. The summed E-state index contributed by atoms with van der Waals surface area (Å²) in [6, 6.07) is 11.4. The highest BCUT2D eigenvalue weighted by Gasteiger charge is 2.23. The van der Waals surface area contributed by atoms with Gasteiger partial charge in [0, 0.05) is 11.8 Å². The Morgan fingerprint density at radius 1 is 1.25 bits per heavy atom. The van der Waals surface area contributed by atoms with Gasteiger partial charge in [-0.2, -0.15) is 5.26 Å². The molecule has 0 bridgehead atoms. The second-order valence-electron chi connectivity index (χ2n) is 9.20. The summed E-state index contributed by atoms with van der Waals surface area (Å²) in [6.07, 6.45) is 9.61. The summed E-state index contributed by atoms with van der Waals surface area (Å²) in [4.78, 5) is 9.33. The summed E-state index contributed by atoms with van der Waals surface area (Å²) in [7, 11) is 0. The van der Waals surface area contributed by atoms with Crippen LogP contribution in [0, 0.1) is 29.1 Å². The fraction of sp³-hybridized carbons (Fsp3) is 0.444. The first-order chi connectivity index (χ1) is 15.4. The molecule has 1 aromatic heterocycles. The molecular weight excluding hydrogens is 416 g/mol. The third-order valence-corrected chi connectivity index (χ3v) is 6.45. The van der Waals surface area contributed by atoms with Crippen LogP contribution in [0.15, 0.2) is 53.2 Å². The smallest absolute Gasteiger partial charge is 0.154 e. The average Bonchev–Trinajstić information content (AvgIpc) is 2.76. The quantitative estimate of drug-likeness (QED) is 0.483. The van der Waals surface area contributed by atoms with E-state index in [0.717, 1.165) is 36.8 Å². The second-order valence-corrected chi connectivity index (χ2v) is 9.61. The lowest BCUT2D eigenvalue weighted by molar-refractivity contribution is 0.257. The summed E-state index contributed by atoms with van der Waals surface area (Å²) in [6.45, 7) is 9.18. The van der Waals surface area contributed by atoms with Crippen LogP contribution in [-0.4, -0.2) is 10.7 Å². The van der Waals surface area contributed by atoms with Crippen molar-refractivity contribution in [3.05, 3.63) is 58.8 Å². The molecular formula is C27H33ClN4. The van der Waals surface area contributed by atoms with E-state index in [1.165, 1.54) is 18.4 Å². The molecule has 2 unspecified atom stereocenters. The van der Waals surface area contributed by atoms with Crippen LogP contribution in [0.4, 0.5) is 17.2 Å². The Balaban J connectivity index is 1.87. The predicted molar refractivity (Wildman–Crippen MR) is 135 cm³/mol. The van der Waals surface area contributed by atoms with E-state index in [-0.39, 0.29) is 0 Å². The standard InChI is InChI=1S/C27H33ClN4/c1-5-20-13-19(4)14-23(11-10-21(20)12-18(2)3)31-27-15-26(24(28)17-30-27)32-25-9-7-6-8-22(25)16-29/h6-9,14-15,17-18,20-21H,5,10-13H2,1-4H3,(H,30,32)/b19-14-,31-23?. The van der Waals surface area contributed by atoms with Crippen molar-refractivity contribution in [3.8, 4) is 6.07 Å². The summed E-state index contributed by atoms with van der Waals surface area (Å²) >= 11 is 6.39. The van der Waals surface area contributed by atoms with E-state index in [2.05, 4.69) is 50.1 Å². The van der Waals surface area contributed by atoms with Crippen LogP contribution in [-0.2, 0) is 0 Å². The van der Waals surface area contributed by atoms with Crippen LogP contribution in [0.3, 0.4) is 0 Å². The van der Waals surface area contributed by atoms with Gasteiger partial charge in [-0.05, 0) is 68.6 Å². The van der Waals surface area contributed by atoms with Crippen LogP contribution >= 0.6 is 11.6 Å². The summed E-state index contributed by atoms with van der Waals surface area (Å²) < 4.78 is 0. The Bertz CT molecular complexity index is 1030. The van der Waals surface area contributed by atoms with Crippen LogP contribution in [0.5, 0.6) is 0 Å². The first-order valence-corrected chi connectivity index (χ1v) is 11.9. The lowest BCUT2D eigenvalue weighted by atomic mass is 9.76. The first-order valence-electron chi connectivity index (χ1n) is 11.6. The highest BCUT2D eigenvalue weighted by Crippen LogP contribution is 2.35. The van der Waals surface area contributed by atoms with Gasteiger partial charge in [0.25, 0.3) is 0 Å². The van der Waals surface area contributed by atoms with Gasteiger partial charge in [-0.1, -0.05) is 56.5 Å². The topological polar surface area (TPSA) is 61.1 Å². The second kappa shape index (κ2) is 11.3. The van der Waals surface area contributed by atoms with E-state index < -0.39 is 0 Å². The van der Waals surface area contributed by atoms with Crippen molar-refractivity contribution in [1.29, 1.82) is 5.26 Å². The number of pyridine rings is 1. The molecule has 0 amide bonds. The molecule has 0 saturated carbocycles. The van der Waals surface area contributed by atoms with Gasteiger partial charge in [-0.15, -0.1) is 0 Å². The van der Waals surface area contributed by atoms with Gasteiger partial charge in [0.15, 0.2) is 5.82 Å². The highest BCUT2D eigenvalue weighted by atomic mass is 35.5. The van der Waals surface area contributed by atoms with Crippen molar-refractivity contribution in [3.63, 3.8) is 0 Å². The van der Waals surface area contributed by atoms with Gasteiger partial charge in [0.05, 0.1) is 28.2 Å². The summed E-state index contributed by atoms with van der Waals surface area (Å²) in [5.74, 6) is 2.81. The number of halogens is 1. The van der Waals surface area contributed by atoms with Crippen molar-refractivity contribution in [1.82, 2.24) is 4.98 Å². The van der Waals surface area contributed by atoms with E-state index >= 15 is 0 Å². The highest BCUT2D eigenvalue weighted by molar-refractivity contribution is 6.33. The molecule has 2 atom stereocenters. The number of nitriles is 1. The van der Waals surface area contributed by atoms with E-state index in [0.29, 0.717) is 33.7 Å². The molecule has 1 N–H and O–H groups in total. The van der Waals surface area contributed by atoms with E-state index in [1.54, 1.807) is 12.3 Å². The van der Waals surface area contributed by atoms with Crippen LogP contribution in [0.2, 0.25) is 5.02 Å².